The summed E-state index contributed by atoms with van der Waals surface area (Å²) < 4.78 is 0.929. The summed E-state index contributed by atoms with van der Waals surface area (Å²) in [4.78, 5) is 13.9. The molecule has 0 bridgehead atoms. The van der Waals surface area contributed by atoms with Gasteiger partial charge in [-0.3, -0.25) is 0 Å². The van der Waals surface area contributed by atoms with Crippen molar-refractivity contribution in [1.82, 2.24) is 0 Å². The van der Waals surface area contributed by atoms with Gasteiger partial charge in [-0.2, -0.15) is 0 Å². The summed E-state index contributed by atoms with van der Waals surface area (Å²) in [5.41, 5.74) is 9.08. The second-order valence-electron chi connectivity index (χ2n) is 3.49. The standard InChI is InChI=1S/C12H9N3O2S/c13-15-14-6-2-4-8-3-1-5-10-9(8)7-11(18-10)12(16)17/h1-5,7H,6H2,(H,16,17). The smallest absolute Gasteiger partial charge is 0.345 e. The first-order valence-electron chi connectivity index (χ1n) is 5.15. The Balaban J connectivity index is 2.41. The Bertz CT molecular complexity index is 669. The first-order chi connectivity index (χ1) is 8.72. The van der Waals surface area contributed by atoms with Crippen LogP contribution < -0.4 is 0 Å². The zero-order valence-electron chi connectivity index (χ0n) is 9.28. The molecule has 0 aliphatic rings. The molecule has 0 aliphatic heterocycles. The molecule has 0 saturated carbocycles. The Morgan fingerprint density at radius 1 is 1.56 bits per heavy atom. The lowest BCUT2D eigenvalue weighted by Gasteiger charge is -1.95. The van der Waals surface area contributed by atoms with Gasteiger partial charge in [-0.15, -0.1) is 11.3 Å². The zero-order valence-corrected chi connectivity index (χ0v) is 10.1. The van der Waals surface area contributed by atoms with Gasteiger partial charge in [0.25, 0.3) is 0 Å². The molecule has 1 aromatic heterocycles. The van der Waals surface area contributed by atoms with E-state index in [2.05, 4.69) is 10.0 Å². The maximum Gasteiger partial charge on any atom is 0.345 e. The fraction of sp³-hybridized carbons (Fsp3) is 0.0833. The number of fused-ring (bicyclic) bond motifs is 1. The van der Waals surface area contributed by atoms with Crippen LogP contribution in [0, 0.1) is 0 Å². The van der Waals surface area contributed by atoms with E-state index in [1.54, 1.807) is 12.1 Å². The number of thiophene rings is 1. The Morgan fingerprint density at radius 3 is 3.11 bits per heavy atom. The highest BCUT2D eigenvalue weighted by molar-refractivity contribution is 7.20. The number of hydrogen-bond donors (Lipinski definition) is 1. The van der Waals surface area contributed by atoms with E-state index in [0.717, 1.165) is 15.6 Å². The van der Waals surface area contributed by atoms with Gasteiger partial charge in [0.05, 0.1) is 0 Å². The monoisotopic (exact) mass is 259 g/mol. The van der Waals surface area contributed by atoms with Gasteiger partial charge < -0.3 is 5.11 Å². The number of hydrogen-bond acceptors (Lipinski definition) is 3. The molecule has 18 heavy (non-hydrogen) atoms. The van der Waals surface area contributed by atoms with E-state index in [-0.39, 0.29) is 6.54 Å². The average Bonchev–Trinajstić information content (AvgIpc) is 2.79. The molecule has 5 nitrogen and oxygen atoms in total. The predicted octanol–water partition coefficient (Wildman–Crippen LogP) is 3.92. The fourth-order valence-electron chi connectivity index (χ4n) is 1.60. The maximum absolute atomic E-state index is 10.9. The van der Waals surface area contributed by atoms with E-state index in [9.17, 15) is 4.79 Å². The lowest BCUT2D eigenvalue weighted by atomic mass is 10.1. The van der Waals surface area contributed by atoms with Crippen LogP contribution in [0.5, 0.6) is 0 Å². The molecule has 0 saturated heterocycles. The number of carboxylic acid groups (broad SMARTS) is 1. The summed E-state index contributed by atoms with van der Waals surface area (Å²) in [7, 11) is 0. The highest BCUT2D eigenvalue weighted by Crippen LogP contribution is 2.29. The molecular weight excluding hydrogens is 250 g/mol. The first kappa shape index (κ1) is 12.2. The predicted molar refractivity (Wildman–Crippen MR) is 71.8 cm³/mol. The molecule has 0 amide bonds. The summed E-state index contributed by atoms with van der Waals surface area (Å²) in [6, 6.07) is 7.32. The zero-order chi connectivity index (χ0) is 13.0. The van der Waals surface area contributed by atoms with Gasteiger partial charge in [-0.1, -0.05) is 29.4 Å². The lowest BCUT2D eigenvalue weighted by molar-refractivity contribution is 0.0702. The molecule has 1 heterocycles. The van der Waals surface area contributed by atoms with Crippen LogP contribution in [0.3, 0.4) is 0 Å². The van der Waals surface area contributed by atoms with Gasteiger partial charge in [0.1, 0.15) is 4.88 Å². The van der Waals surface area contributed by atoms with E-state index in [0.29, 0.717) is 4.88 Å². The largest absolute Gasteiger partial charge is 0.477 e. The Kier molecular flexibility index (Phi) is 3.62. The molecule has 0 spiro atoms. The van der Waals surface area contributed by atoms with Crippen LogP contribution in [0.4, 0.5) is 0 Å². The van der Waals surface area contributed by atoms with Gasteiger partial charge in [-0.05, 0) is 23.2 Å². The topological polar surface area (TPSA) is 86.1 Å². The van der Waals surface area contributed by atoms with Gasteiger partial charge in [0.2, 0.25) is 0 Å². The van der Waals surface area contributed by atoms with Gasteiger partial charge >= 0.3 is 5.97 Å². The summed E-state index contributed by atoms with van der Waals surface area (Å²) >= 11 is 1.25. The van der Waals surface area contributed by atoms with Crippen LogP contribution in [-0.2, 0) is 0 Å². The molecule has 2 rings (SSSR count). The van der Waals surface area contributed by atoms with Crippen LogP contribution in [0.25, 0.3) is 26.6 Å². The van der Waals surface area contributed by atoms with Crippen LogP contribution in [0.1, 0.15) is 15.2 Å². The third-order valence-corrected chi connectivity index (χ3v) is 3.44. The van der Waals surface area contributed by atoms with Crippen molar-refractivity contribution < 1.29 is 9.90 Å². The SMILES string of the molecule is [N-]=[N+]=NCC=Cc1cccc2sc(C(=O)O)cc12. The molecule has 0 fully saturated rings. The van der Waals surface area contributed by atoms with Crippen molar-refractivity contribution in [3.63, 3.8) is 0 Å². The second-order valence-corrected chi connectivity index (χ2v) is 4.57. The molecule has 0 aliphatic carbocycles. The minimum absolute atomic E-state index is 0.281. The maximum atomic E-state index is 10.9. The minimum Gasteiger partial charge on any atom is -0.477 e. The average molecular weight is 259 g/mol. The Hall–Kier alpha value is -2.30. The van der Waals surface area contributed by atoms with E-state index >= 15 is 0 Å². The van der Waals surface area contributed by atoms with Crippen molar-refractivity contribution in [3.05, 3.63) is 51.2 Å². The highest BCUT2D eigenvalue weighted by atomic mass is 32.1. The highest BCUT2D eigenvalue weighted by Gasteiger charge is 2.09. The lowest BCUT2D eigenvalue weighted by Crippen LogP contribution is -1.89. The number of benzene rings is 1. The van der Waals surface area contributed by atoms with E-state index in [1.165, 1.54) is 11.3 Å². The third-order valence-electron chi connectivity index (χ3n) is 2.35. The van der Waals surface area contributed by atoms with Crippen molar-refractivity contribution in [3.8, 4) is 0 Å². The van der Waals surface area contributed by atoms with Gasteiger partial charge in [0.15, 0.2) is 0 Å². The van der Waals surface area contributed by atoms with Crippen LogP contribution in [0.15, 0.2) is 35.5 Å². The minimum atomic E-state index is -0.916. The van der Waals surface area contributed by atoms with E-state index in [1.807, 2.05) is 24.3 Å². The molecule has 2 aromatic rings. The Labute approximate surface area is 107 Å². The van der Waals surface area contributed by atoms with Crippen LogP contribution >= 0.6 is 11.3 Å². The summed E-state index contributed by atoms with van der Waals surface area (Å²) in [6.45, 7) is 0.281. The summed E-state index contributed by atoms with van der Waals surface area (Å²) in [5.74, 6) is -0.916. The normalized spacial score (nSPS) is 10.7. The molecule has 0 radical (unpaired) electrons. The molecule has 0 unspecified atom stereocenters. The molecule has 1 N–H and O–H groups in total. The molecule has 0 atom stereocenters. The third kappa shape index (κ3) is 2.51. The van der Waals surface area contributed by atoms with Crippen molar-refractivity contribution >= 4 is 33.5 Å². The van der Waals surface area contributed by atoms with Gasteiger partial charge in [-0.25, -0.2) is 4.79 Å². The number of carboxylic acids is 1. The van der Waals surface area contributed by atoms with Crippen molar-refractivity contribution in [2.75, 3.05) is 6.54 Å². The first-order valence-corrected chi connectivity index (χ1v) is 5.97. The summed E-state index contributed by atoms with van der Waals surface area (Å²) in [6.07, 6.45) is 3.57. The second kappa shape index (κ2) is 5.35. The fourth-order valence-corrected chi connectivity index (χ4v) is 2.53. The molecule has 1 aromatic carbocycles. The number of azide groups is 1. The number of aromatic carboxylic acids is 1. The quantitative estimate of drug-likeness (QED) is 0.512. The van der Waals surface area contributed by atoms with Crippen molar-refractivity contribution in [2.45, 2.75) is 0 Å². The van der Waals surface area contributed by atoms with Gasteiger partial charge in [0, 0.05) is 21.5 Å². The van der Waals surface area contributed by atoms with E-state index in [4.69, 9.17) is 10.6 Å². The summed E-state index contributed by atoms with van der Waals surface area (Å²) in [5, 5.41) is 13.3. The molecular formula is C12H9N3O2S. The number of carbonyl (C=O) groups is 1. The Morgan fingerprint density at radius 2 is 2.39 bits per heavy atom. The van der Waals surface area contributed by atoms with E-state index < -0.39 is 5.97 Å². The molecule has 6 heteroatoms. The van der Waals surface area contributed by atoms with Crippen LogP contribution in [-0.4, -0.2) is 17.6 Å². The van der Waals surface area contributed by atoms with Crippen LogP contribution in [0.2, 0.25) is 0 Å². The number of rotatable bonds is 4. The van der Waals surface area contributed by atoms with Crippen molar-refractivity contribution in [2.24, 2.45) is 5.11 Å². The molecule has 90 valence electrons. The number of nitrogens with zero attached hydrogens (tertiary/aromatic N) is 3. The van der Waals surface area contributed by atoms with Crippen molar-refractivity contribution in [1.29, 1.82) is 0 Å².